The standard InChI is InChI=1S/C26H32N4O2S/c1-4-5-6-7-10-17-33-26-28-25-23(29-30-26)21-11-8-9-12-22(21)27-24(32-25)19-13-15-20(16-14-19)31-18(2)3/h8-9,11-16,18,24,27H,4-7,10,17H2,1-3H3/t24-/m0/s1. The molecule has 0 fully saturated rings. The number of para-hydroxylation sites is 1. The van der Waals surface area contributed by atoms with E-state index in [2.05, 4.69) is 22.4 Å². The molecule has 1 atom stereocenters. The molecule has 3 aromatic rings. The van der Waals surface area contributed by atoms with Crippen LogP contribution in [0.4, 0.5) is 5.69 Å². The first kappa shape index (κ1) is 23.4. The molecule has 2 aromatic carbocycles. The van der Waals surface area contributed by atoms with Crippen LogP contribution >= 0.6 is 11.8 Å². The second kappa shape index (κ2) is 11.4. The molecule has 6 nitrogen and oxygen atoms in total. The van der Waals surface area contributed by atoms with Gasteiger partial charge in [0.2, 0.25) is 11.0 Å². The number of hydrogen-bond donors (Lipinski definition) is 1. The molecule has 174 valence electrons. The van der Waals surface area contributed by atoms with Gasteiger partial charge in [0.25, 0.3) is 0 Å². The fourth-order valence-electron chi connectivity index (χ4n) is 3.72. The molecule has 1 aliphatic heterocycles. The Morgan fingerprint density at radius 2 is 1.79 bits per heavy atom. The van der Waals surface area contributed by atoms with Crippen molar-refractivity contribution in [3.05, 3.63) is 54.1 Å². The van der Waals surface area contributed by atoms with Gasteiger partial charge in [-0.05, 0) is 50.6 Å². The number of anilines is 1. The first-order valence-electron chi connectivity index (χ1n) is 11.8. The van der Waals surface area contributed by atoms with Gasteiger partial charge < -0.3 is 14.8 Å². The van der Waals surface area contributed by atoms with Crippen LogP contribution in [0.3, 0.4) is 0 Å². The highest BCUT2D eigenvalue weighted by Crippen LogP contribution is 2.39. The van der Waals surface area contributed by atoms with Gasteiger partial charge in [-0.2, -0.15) is 4.98 Å². The molecule has 0 saturated carbocycles. The maximum atomic E-state index is 6.37. The highest BCUT2D eigenvalue weighted by atomic mass is 32.2. The summed E-state index contributed by atoms with van der Waals surface area (Å²) in [6.07, 6.45) is 5.97. The first-order chi connectivity index (χ1) is 16.1. The Kier molecular flexibility index (Phi) is 8.05. The van der Waals surface area contributed by atoms with Gasteiger partial charge in [0.15, 0.2) is 11.9 Å². The van der Waals surface area contributed by atoms with E-state index in [1.54, 1.807) is 11.8 Å². The molecule has 1 aliphatic rings. The molecule has 1 aromatic heterocycles. The Labute approximate surface area is 200 Å². The van der Waals surface area contributed by atoms with Crippen LogP contribution in [0.2, 0.25) is 0 Å². The minimum Gasteiger partial charge on any atom is -0.491 e. The Bertz CT molecular complexity index is 1040. The molecule has 2 heterocycles. The molecule has 0 spiro atoms. The van der Waals surface area contributed by atoms with E-state index in [1.165, 1.54) is 25.7 Å². The maximum absolute atomic E-state index is 6.37. The topological polar surface area (TPSA) is 69.2 Å². The lowest BCUT2D eigenvalue weighted by atomic mass is 10.1. The zero-order valence-electron chi connectivity index (χ0n) is 19.6. The van der Waals surface area contributed by atoms with Crippen molar-refractivity contribution in [2.45, 2.75) is 70.4 Å². The quantitative estimate of drug-likeness (QED) is 0.259. The summed E-state index contributed by atoms with van der Waals surface area (Å²) in [5.74, 6) is 2.33. The number of benzene rings is 2. The maximum Gasteiger partial charge on any atom is 0.247 e. The van der Waals surface area contributed by atoms with Crippen molar-refractivity contribution in [1.82, 2.24) is 15.2 Å². The van der Waals surface area contributed by atoms with Crippen LogP contribution in [-0.4, -0.2) is 27.0 Å². The molecule has 0 aliphatic carbocycles. The highest BCUT2D eigenvalue weighted by Gasteiger charge is 2.26. The van der Waals surface area contributed by atoms with Gasteiger partial charge in [-0.15, -0.1) is 10.2 Å². The van der Waals surface area contributed by atoms with Crippen molar-refractivity contribution in [2.24, 2.45) is 0 Å². The van der Waals surface area contributed by atoms with Crippen LogP contribution in [0.5, 0.6) is 11.6 Å². The van der Waals surface area contributed by atoms with Gasteiger partial charge in [0.05, 0.1) is 6.10 Å². The van der Waals surface area contributed by atoms with E-state index in [4.69, 9.17) is 14.5 Å². The molecule has 0 radical (unpaired) electrons. The predicted molar refractivity (Wildman–Crippen MR) is 134 cm³/mol. The summed E-state index contributed by atoms with van der Waals surface area (Å²) in [5, 5.41) is 13.0. The SMILES string of the molecule is CCCCCCCSc1nnc2c(n1)O[C@@H](c1ccc(OC(C)C)cc1)Nc1ccccc1-2. The number of hydrogen-bond acceptors (Lipinski definition) is 7. The van der Waals surface area contributed by atoms with Crippen molar-refractivity contribution in [3.8, 4) is 22.9 Å². The van der Waals surface area contributed by atoms with Crippen molar-refractivity contribution >= 4 is 17.4 Å². The second-order valence-electron chi connectivity index (χ2n) is 8.43. The lowest BCUT2D eigenvalue weighted by molar-refractivity contribution is 0.224. The van der Waals surface area contributed by atoms with Gasteiger partial charge in [-0.25, -0.2) is 0 Å². The largest absolute Gasteiger partial charge is 0.491 e. The molecule has 0 unspecified atom stereocenters. The predicted octanol–water partition coefficient (Wildman–Crippen LogP) is 6.89. The molecule has 33 heavy (non-hydrogen) atoms. The normalized spacial score (nSPS) is 14.6. The third-order valence-corrected chi connectivity index (χ3v) is 6.29. The Balaban J connectivity index is 1.54. The summed E-state index contributed by atoms with van der Waals surface area (Å²) >= 11 is 1.64. The van der Waals surface area contributed by atoms with Crippen LogP contribution in [0, 0.1) is 0 Å². The van der Waals surface area contributed by atoms with Gasteiger partial charge >= 0.3 is 0 Å². The van der Waals surface area contributed by atoms with Gasteiger partial charge in [0, 0.05) is 22.6 Å². The summed E-state index contributed by atoms with van der Waals surface area (Å²) < 4.78 is 12.2. The average molecular weight is 465 g/mol. The Morgan fingerprint density at radius 3 is 2.58 bits per heavy atom. The molecule has 0 bridgehead atoms. The van der Waals surface area contributed by atoms with E-state index in [0.29, 0.717) is 16.7 Å². The van der Waals surface area contributed by atoms with E-state index in [1.807, 2.05) is 62.4 Å². The van der Waals surface area contributed by atoms with Crippen LogP contribution in [0.15, 0.2) is 53.7 Å². The average Bonchev–Trinajstić information content (AvgIpc) is 2.98. The number of rotatable bonds is 10. The summed E-state index contributed by atoms with van der Waals surface area (Å²) in [7, 11) is 0. The molecule has 4 rings (SSSR count). The summed E-state index contributed by atoms with van der Waals surface area (Å²) in [5.41, 5.74) is 3.52. The second-order valence-corrected chi connectivity index (χ2v) is 9.50. The Morgan fingerprint density at radius 1 is 1.00 bits per heavy atom. The summed E-state index contributed by atoms with van der Waals surface area (Å²) in [6.45, 7) is 6.27. The van der Waals surface area contributed by atoms with Crippen molar-refractivity contribution in [1.29, 1.82) is 0 Å². The van der Waals surface area contributed by atoms with Gasteiger partial charge in [-0.1, -0.05) is 62.6 Å². The smallest absolute Gasteiger partial charge is 0.247 e. The lowest BCUT2D eigenvalue weighted by Gasteiger charge is -2.20. The number of nitrogens with zero attached hydrogens (tertiary/aromatic N) is 3. The number of nitrogens with one attached hydrogen (secondary N) is 1. The summed E-state index contributed by atoms with van der Waals surface area (Å²) in [6, 6.07) is 16.0. The monoisotopic (exact) mass is 464 g/mol. The number of unbranched alkanes of at least 4 members (excludes halogenated alkanes) is 4. The van der Waals surface area contributed by atoms with Crippen LogP contribution in [0.1, 0.15) is 64.7 Å². The third-order valence-electron chi connectivity index (χ3n) is 5.37. The minimum atomic E-state index is -0.399. The molecule has 0 amide bonds. The first-order valence-corrected chi connectivity index (χ1v) is 12.8. The molecule has 1 N–H and O–H groups in total. The third kappa shape index (κ3) is 6.16. The zero-order chi connectivity index (χ0) is 23.0. The van der Waals surface area contributed by atoms with Crippen LogP contribution < -0.4 is 14.8 Å². The Hall–Kier alpha value is -2.80. The van der Waals surface area contributed by atoms with E-state index >= 15 is 0 Å². The number of aromatic nitrogens is 3. The van der Waals surface area contributed by atoms with Crippen LogP contribution in [-0.2, 0) is 0 Å². The lowest BCUT2D eigenvalue weighted by Crippen LogP contribution is -2.17. The molecule has 0 saturated heterocycles. The fraction of sp³-hybridized carbons (Fsp3) is 0.423. The summed E-state index contributed by atoms with van der Waals surface area (Å²) in [4.78, 5) is 4.74. The van der Waals surface area contributed by atoms with Gasteiger partial charge in [-0.3, -0.25) is 0 Å². The van der Waals surface area contributed by atoms with E-state index in [0.717, 1.165) is 34.7 Å². The molecule has 7 heteroatoms. The van der Waals surface area contributed by atoms with Crippen molar-refractivity contribution in [2.75, 3.05) is 11.1 Å². The van der Waals surface area contributed by atoms with Crippen molar-refractivity contribution < 1.29 is 9.47 Å². The van der Waals surface area contributed by atoms with E-state index < -0.39 is 6.23 Å². The number of ether oxygens (including phenoxy) is 2. The van der Waals surface area contributed by atoms with Crippen molar-refractivity contribution in [3.63, 3.8) is 0 Å². The van der Waals surface area contributed by atoms with E-state index in [-0.39, 0.29) is 6.10 Å². The highest BCUT2D eigenvalue weighted by molar-refractivity contribution is 7.99. The molecular weight excluding hydrogens is 432 g/mol. The zero-order valence-corrected chi connectivity index (χ0v) is 20.4. The van der Waals surface area contributed by atoms with Crippen LogP contribution in [0.25, 0.3) is 11.3 Å². The van der Waals surface area contributed by atoms with E-state index in [9.17, 15) is 0 Å². The number of fused-ring (bicyclic) bond motifs is 3. The minimum absolute atomic E-state index is 0.132. The number of thioether (sulfide) groups is 1. The van der Waals surface area contributed by atoms with Gasteiger partial charge in [0.1, 0.15) is 5.75 Å². The fourth-order valence-corrected chi connectivity index (χ4v) is 4.50. The molecular formula is C26H32N4O2S.